The summed E-state index contributed by atoms with van der Waals surface area (Å²) in [6, 6.07) is 17.3. The monoisotopic (exact) mass is 393 g/mol. The number of carboxylic acids is 1. The summed E-state index contributed by atoms with van der Waals surface area (Å²) in [6.07, 6.45) is 1.67. The summed E-state index contributed by atoms with van der Waals surface area (Å²) < 4.78 is 7.10. The van der Waals surface area contributed by atoms with Crippen LogP contribution >= 0.6 is 0 Å². The number of ether oxygens (including phenoxy) is 1. The van der Waals surface area contributed by atoms with E-state index in [4.69, 9.17) is 14.9 Å². The molecule has 0 unspecified atom stereocenters. The predicted octanol–water partition coefficient (Wildman–Crippen LogP) is 3.37. The van der Waals surface area contributed by atoms with E-state index < -0.39 is 5.97 Å². The molecule has 0 radical (unpaired) electrons. The molecule has 0 saturated heterocycles. The van der Waals surface area contributed by atoms with E-state index in [2.05, 4.69) is 0 Å². The van der Waals surface area contributed by atoms with Crippen molar-refractivity contribution in [2.24, 2.45) is 0 Å². The lowest BCUT2D eigenvalue weighted by Crippen LogP contribution is -2.26. The normalized spacial score (nSPS) is 10.6. The Hall–Kier alpha value is -3.61. The van der Waals surface area contributed by atoms with E-state index in [1.807, 2.05) is 60.8 Å². The van der Waals surface area contributed by atoms with Crippen molar-refractivity contribution < 1.29 is 19.4 Å². The molecule has 3 aromatic rings. The molecule has 2 aromatic carbocycles. The summed E-state index contributed by atoms with van der Waals surface area (Å²) >= 11 is 0. The average Bonchev–Trinajstić information content (AvgIpc) is 3.16. The lowest BCUT2D eigenvalue weighted by Gasteiger charge is -2.16. The summed E-state index contributed by atoms with van der Waals surface area (Å²) in [7, 11) is 3.27. The molecule has 150 valence electrons. The van der Waals surface area contributed by atoms with Crippen molar-refractivity contribution in [2.45, 2.75) is 19.4 Å². The molecule has 1 heterocycles. The SMILES string of the molecule is COc1cccc(-c2nn(-c3ccccc3)cc2CN(C)C(=O)CCC(=O)O)c1. The molecule has 0 saturated carbocycles. The van der Waals surface area contributed by atoms with Gasteiger partial charge in [0.2, 0.25) is 5.91 Å². The zero-order valence-corrected chi connectivity index (χ0v) is 16.4. The third kappa shape index (κ3) is 5.01. The Morgan fingerprint density at radius 1 is 1.10 bits per heavy atom. The Morgan fingerprint density at radius 3 is 2.55 bits per heavy atom. The maximum atomic E-state index is 12.3. The zero-order chi connectivity index (χ0) is 20.8. The number of carboxylic acid groups (broad SMARTS) is 1. The first-order valence-corrected chi connectivity index (χ1v) is 9.22. The fraction of sp³-hybridized carbons (Fsp3) is 0.227. The maximum absolute atomic E-state index is 12.3. The fourth-order valence-electron chi connectivity index (χ4n) is 3.00. The quantitative estimate of drug-likeness (QED) is 0.634. The number of carbonyl (C=O) groups excluding carboxylic acids is 1. The topological polar surface area (TPSA) is 84.7 Å². The standard InChI is InChI=1S/C22H23N3O4/c1-24(20(26)11-12-21(27)28)14-17-15-25(18-8-4-3-5-9-18)23-22(17)16-7-6-10-19(13-16)29-2/h3-10,13,15H,11-12,14H2,1-2H3,(H,27,28). The van der Waals surface area contributed by atoms with Crippen molar-refractivity contribution in [1.82, 2.24) is 14.7 Å². The van der Waals surface area contributed by atoms with Crippen LogP contribution in [-0.2, 0) is 16.1 Å². The van der Waals surface area contributed by atoms with Gasteiger partial charge in [-0.05, 0) is 24.3 Å². The summed E-state index contributed by atoms with van der Waals surface area (Å²) in [4.78, 5) is 24.6. The first-order valence-electron chi connectivity index (χ1n) is 9.22. The molecule has 0 fully saturated rings. The second-order valence-electron chi connectivity index (χ2n) is 6.66. The molecule has 7 nitrogen and oxygen atoms in total. The smallest absolute Gasteiger partial charge is 0.303 e. The number of benzene rings is 2. The highest BCUT2D eigenvalue weighted by atomic mass is 16.5. The van der Waals surface area contributed by atoms with Gasteiger partial charge < -0.3 is 14.7 Å². The van der Waals surface area contributed by atoms with E-state index in [0.717, 1.165) is 22.5 Å². The van der Waals surface area contributed by atoms with Gasteiger partial charge in [0.1, 0.15) is 5.75 Å². The number of hydrogen-bond acceptors (Lipinski definition) is 4. The van der Waals surface area contributed by atoms with Crippen LogP contribution in [0.1, 0.15) is 18.4 Å². The fourth-order valence-corrected chi connectivity index (χ4v) is 3.00. The molecular weight excluding hydrogens is 370 g/mol. The second kappa shape index (κ2) is 9.05. The molecular formula is C22H23N3O4. The van der Waals surface area contributed by atoms with Crippen LogP contribution in [0.5, 0.6) is 5.75 Å². The highest BCUT2D eigenvalue weighted by molar-refractivity contribution is 5.80. The highest BCUT2D eigenvalue weighted by Gasteiger charge is 2.18. The van der Waals surface area contributed by atoms with E-state index in [9.17, 15) is 9.59 Å². The van der Waals surface area contributed by atoms with Crippen molar-refractivity contribution in [3.8, 4) is 22.7 Å². The Kier molecular flexibility index (Phi) is 6.29. The minimum absolute atomic E-state index is 0.0346. The summed E-state index contributed by atoms with van der Waals surface area (Å²) in [5, 5.41) is 13.6. The maximum Gasteiger partial charge on any atom is 0.303 e. The van der Waals surface area contributed by atoms with Gasteiger partial charge in [0.05, 0.1) is 24.9 Å². The van der Waals surface area contributed by atoms with E-state index in [1.165, 1.54) is 4.90 Å². The molecule has 1 aromatic heterocycles. The molecule has 3 rings (SSSR count). The molecule has 1 amide bonds. The van der Waals surface area contributed by atoms with Crippen molar-refractivity contribution in [3.05, 3.63) is 66.4 Å². The number of para-hydroxylation sites is 1. The molecule has 0 bridgehead atoms. The van der Waals surface area contributed by atoms with Gasteiger partial charge >= 0.3 is 5.97 Å². The molecule has 29 heavy (non-hydrogen) atoms. The van der Waals surface area contributed by atoms with Crippen LogP contribution in [-0.4, -0.2) is 45.8 Å². The Balaban J connectivity index is 1.94. The first kappa shape index (κ1) is 20.1. The van der Waals surface area contributed by atoms with Crippen molar-refractivity contribution >= 4 is 11.9 Å². The van der Waals surface area contributed by atoms with Crippen LogP contribution in [0.3, 0.4) is 0 Å². The van der Waals surface area contributed by atoms with Crippen LogP contribution in [0, 0.1) is 0 Å². The van der Waals surface area contributed by atoms with Crippen LogP contribution in [0.4, 0.5) is 0 Å². The van der Waals surface area contributed by atoms with Crippen LogP contribution < -0.4 is 4.74 Å². The van der Waals surface area contributed by atoms with Gasteiger partial charge in [-0.3, -0.25) is 9.59 Å². The minimum atomic E-state index is -0.985. The largest absolute Gasteiger partial charge is 0.497 e. The van der Waals surface area contributed by atoms with E-state index in [0.29, 0.717) is 12.3 Å². The number of aromatic nitrogens is 2. The molecule has 0 aliphatic carbocycles. The van der Waals surface area contributed by atoms with E-state index in [-0.39, 0.29) is 18.7 Å². The van der Waals surface area contributed by atoms with Gasteiger partial charge in [-0.1, -0.05) is 30.3 Å². The second-order valence-corrected chi connectivity index (χ2v) is 6.66. The third-order valence-corrected chi connectivity index (χ3v) is 4.54. The Labute approximate surface area is 169 Å². The molecule has 0 aliphatic heterocycles. The Morgan fingerprint density at radius 2 is 1.86 bits per heavy atom. The van der Waals surface area contributed by atoms with Crippen molar-refractivity contribution in [1.29, 1.82) is 0 Å². The zero-order valence-electron chi connectivity index (χ0n) is 16.4. The number of aliphatic carboxylic acids is 1. The number of amides is 1. The van der Waals surface area contributed by atoms with Crippen molar-refractivity contribution in [2.75, 3.05) is 14.2 Å². The van der Waals surface area contributed by atoms with Crippen molar-refractivity contribution in [3.63, 3.8) is 0 Å². The lowest BCUT2D eigenvalue weighted by molar-refractivity contribution is -0.140. The summed E-state index contributed by atoms with van der Waals surface area (Å²) in [5.41, 5.74) is 3.38. The van der Waals surface area contributed by atoms with Crippen LogP contribution in [0.15, 0.2) is 60.8 Å². The summed E-state index contributed by atoms with van der Waals surface area (Å²) in [5.74, 6) is -0.495. The third-order valence-electron chi connectivity index (χ3n) is 4.54. The number of hydrogen-bond donors (Lipinski definition) is 1. The lowest BCUT2D eigenvalue weighted by atomic mass is 10.1. The summed E-state index contributed by atoms with van der Waals surface area (Å²) in [6.45, 7) is 0.317. The number of methoxy groups -OCH3 is 1. The molecule has 0 atom stereocenters. The number of nitrogens with zero attached hydrogens (tertiary/aromatic N) is 3. The van der Waals surface area contributed by atoms with Crippen LogP contribution in [0.25, 0.3) is 16.9 Å². The van der Waals surface area contributed by atoms with Gasteiger partial charge in [0, 0.05) is 37.3 Å². The minimum Gasteiger partial charge on any atom is -0.497 e. The molecule has 0 spiro atoms. The van der Waals surface area contributed by atoms with Gasteiger partial charge in [0.25, 0.3) is 0 Å². The van der Waals surface area contributed by atoms with Crippen LogP contribution in [0.2, 0.25) is 0 Å². The molecule has 1 N–H and O–H groups in total. The number of rotatable bonds is 8. The van der Waals surface area contributed by atoms with E-state index in [1.54, 1.807) is 18.8 Å². The van der Waals surface area contributed by atoms with Gasteiger partial charge in [0.15, 0.2) is 0 Å². The van der Waals surface area contributed by atoms with Gasteiger partial charge in [-0.15, -0.1) is 0 Å². The Bertz CT molecular complexity index is 998. The highest BCUT2D eigenvalue weighted by Crippen LogP contribution is 2.27. The van der Waals surface area contributed by atoms with E-state index >= 15 is 0 Å². The van der Waals surface area contributed by atoms with Gasteiger partial charge in [-0.25, -0.2) is 4.68 Å². The molecule has 0 aliphatic rings. The first-order chi connectivity index (χ1) is 14.0. The average molecular weight is 393 g/mol. The predicted molar refractivity (Wildman–Crippen MR) is 109 cm³/mol. The van der Waals surface area contributed by atoms with Gasteiger partial charge in [-0.2, -0.15) is 5.10 Å². The molecule has 7 heteroatoms. The number of carbonyl (C=O) groups is 2.